The van der Waals surface area contributed by atoms with Gasteiger partial charge in [-0.15, -0.1) is 12.6 Å². The lowest BCUT2D eigenvalue weighted by Crippen LogP contribution is -2.05. The Morgan fingerprint density at radius 1 is 1.56 bits per heavy atom. The topological polar surface area (TPSA) is 26.3 Å². The number of rotatable bonds is 6. The summed E-state index contributed by atoms with van der Waals surface area (Å²) in [6.07, 6.45) is 0. The maximum Gasteiger partial charge on any atom is 0.173 e. The standard InChI is InChI=1S/C11H13IO2S2/c1-2-14-11(15)16-10-6-4-3-5-8(10)9(13)7-12/h3-6,11,15H,2,7H2,1H3. The van der Waals surface area contributed by atoms with E-state index in [1.54, 1.807) is 0 Å². The van der Waals surface area contributed by atoms with Crippen molar-refractivity contribution in [3.05, 3.63) is 29.8 Å². The van der Waals surface area contributed by atoms with Gasteiger partial charge >= 0.3 is 0 Å². The van der Waals surface area contributed by atoms with Crippen molar-refractivity contribution in [1.82, 2.24) is 0 Å². The second kappa shape index (κ2) is 7.58. The predicted octanol–water partition coefficient (Wildman–Crippen LogP) is 3.65. The van der Waals surface area contributed by atoms with E-state index in [9.17, 15) is 4.79 Å². The van der Waals surface area contributed by atoms with Crippen LogP contribution in [0.3, 0.4) is 0 Å². The quantitative estimate of drug-likeness (QED) is 0.207. The average molecular weight is 368 g/mol. The van der Waals surface area contributed by atoms with Crippen LogP contribution in [0.2, 0.25) is 0 Å². The number of halogens is 1. The number of carbonyl (C=O) groups excluding carboxylic acids is 1. The van der Waals surface area contributed by atoms with E-state index in [4.69, 9.17) is 4.74 Å². The monoisotopic (exact) mass is 368 g/mol. The van der Waals surface area contributed by atoms with E-state index in [1.807, 2.05) is 31.2 Å². The molecule has 1 rings (SSSR count). The Morgan fingerprint density at radius 2 is 2.25 bits per heavy atom. The Kier molecular flexibility index (Phi) is 6.79. The third-order valence-electron chi connectivity index (χ3n) is 1.85. The molecule has 0 aliphatic heterocycles. The van der Waals surface area contributed by atoms with Gasteiger partial charge in [-0.05, 0) is 13.0 Å². The van der Waals surface area contributed by atoms with Crippen LogP contribution in [-0.4, -0.2) is 21.6 Å². The highest BCUT2D eigenvalue weighted by Gasteiger charge is 2.13. The van der Waals surface area contributed by atoms with Crippen LogP contribution in [0.1, 0.15) is 17.3 Å². The third-order valence-corrected chi connectivity index (χ3v) is 3.95. The molecule has 0 heterocycles. The zero-order valence-electron chi connectivity index (χ0n) is 8.85. The van der Waals surface area contributed by atoms with E-state index in [-0.39, 0.29) is 10.6 Å². The summed E-state index contributed by atoms with van der Waals surface area (Å²) in [5.41, 5.74) is 0.751. The summed E-state index contributed by atoms with van der Waals surface area (Å²) < 4.78 is 5.59. The van der Waals surface area contributed by atoms with Crippen LogP contribution in [0.15, 0.2) is 29.2 Å². The molecule has 0 bridgehead atoms. The Morgan fingerprint density at radius 3 is 2.88 bits per heavy atom. The molecule has 5 heteroatoms. The zero-order chi connectivity index (χ0) is 12.0. The van der Waals surface area contributed by atoms with Crippen LogP contribution in [0.5, 0.6) is 0 Å². The van der Waals surface area contributed by atoms with Crippen molar-refractivity contribution in [2.24, 2.45) is 0 Å². The van der Waals surface area contributed by atoms with Gasteiger partial charge < -0.3 is 4.74 Å². The molecule has 0 aliphatic rings. The molecule has 2 nitrogen and oxygen atoms in total. The van der Waals surface area contributed by atoms with E-state index in [1.165, 1.54) is 11.8 Å². The van der Waals surface area contributed by atoms with Crippen LogP contribution in [0.4, 0.5) is 0 Å². The van der Waals surface area contributed by atoms with Gasteiger partial charge in [-0.2, -0.15) is 0 Å². The van der Waals surface area contributed by atoms with Gasteiger partial charge in [0.05, 0.1) is 4.43 Å². The Hall–Kier alpha value is 0.280. The molecular weight excluding hydrogens is 355 g/mol. The molecule has 1 aromatic rings. The van der Waals surface area contributed by atoms with Gasteiger partial charge in [0, 0.05) is 17.1 Å². The lowest BCUT2D eigenvalue weighted by atomic mass is 10.1. The first kappa shape index (κ1) is 14.3. The van der Waals surface area contributed by atoms with E-state index in [0.29, 0.717) is 11.0 Å². The Bertz CT molecular complexity index is 358. The van der Waals surface area contributed by atoms with Crippen LogP contribution in [0.25, 0.3) is 0 Å². The Balaban J connectivity index is 2.82. The van der Waals surface area contributed by atoms with Gasteiger partial charge in [-0.1, -0.05) is 52.6 Å². The molecule has 0 fully saturated rings. The van der Waals surface area contributed by atoms with Gasteiger partial charge in [0.25, 0.3) is 0 Å². The van der Waals surface area contributed by atoms with Gasteiger partial charge in [-0.25, -0.2) is 0 Å². The molecule has 0 amide bonds. The molecule has 0 aliphatic carbocycles. The highest BCUT2D eigenvalue weighted by Crippen LogP contribution is 2.29. The summed E-state index contributed by atoms with van der Waals surface area (Å²) in [5.74, 6) is 0.140. The van der Waals surface area contributed by atoms with Gasteiger partial charge in [0.1, 0.15) is 0 Å². The summed E-state index contributed by atoms with van der Waals surface area (Å²) in [4.78, 5) is 12.6. The first-order chi connectivity index (χ1) is 7.69. The van der Waals surface area contributed by atoms with Crippen LogP contribution in [0, 0.1) is 0 Å². The molecule has 88 valence electrons. The minimum Gasteiger partial charge on any atom is -0.358 e. The molecule has 0 N–H and O–H groups in total. The van der Waals surface area contributed by atoms with E-state index in [2.05, 4.69) is 35.2 Å². The number of hydrogen-bond acceptors (Lipinski definition) is 4. The third kappa shape index (κ3) is 4.27. The highest BCUT2D eigenvalue weighted by molar-refractivity contribution is 14.1. The summed E-state index contributed by atoms with van der Waals surface area (Å²) in [5, 5.41) is 0. The van der Waals surface area contributed by atoms with Crippen molar-refractivity contribution in [3.8, 4) is 0 Å². The van der Waals surface area contributed by atoms with E-state index in [0.717, 1.165) is 10.5 Å². The lowest BCUT2D eigenvalue weighted by molar-refractivity contribution is 0.102. The van der Waals surface area contributed by atoms with Crippen LogP contribution in [-0.2, 0) is 4.74 Å². The molecular formula is C11H13IO2S2. The van der Waals surface area contributed by atoms with Crippen molar-refractivity contribution in [2.45, 2.75) is 16.6 Å². The number of alkyl halides is 1. The molecule has 1 aromatic carbocycles. The van der Waals surface area contributed by atoms with Crippen molar-refractivity contribution < 1.29 is 9.53 Å². The molecule has 0 radical (unpaired) electrons. The molecule has 0 saturated heterocycles. The van der Waals surface area contributed by atoms with Crippen molar-refractivity contribution >= 4 is 52.8 Å². The maximum absolute atomic E-state index is 11.7. The number of thiol groups is 1. The molecule has 0 aromatic heterocycles. The number of hydrogen-bond donors (Lipinski definition) is 1. The first-order valence-electron chi connectivity index (χ1n) is 4.83. The zero-order valence-corrected chi connectivity index (χ0v) is 12.7. The minimum atomic E-state index is -0.229. The minimum absolute atomic E-state index is 0.140. The molecule has 0 saturated carbocycles. The average Bonchev–Trinajstić information content (AvgIpc) is 2.29. The number of benzene rings is 1. The summed E-state index contributed by atoms with van der Waals surface area (Å²) >= 11 is 7.83. The number of ether oxygens (including phenoxy) is 1. The van der Waals surface area contributed by atoms with Crippen molar-refractivity contribution in [2.75, 3.05) is 11.0 Å². The summed E-state index contributed by atoms with van der Waals surface area (Å²) in [6.45, 7) is 2.54. The normalized spacial score (nSPS) is 12.4. The summed E-state index contributed by atoms with van der Waals surface area (Å²) in [7, 11) is 0. The highest BCUT2D eigenvalue weighted by atomic mass is 127. The van der Waals surface area contributed by atoms with Gasteiger partial charge in [-0.3, -0.25) is 4.79 Å². The first-order valence-corrected chi connectivity index (χ1v) is 7.75. The van der Waals surface area contributed by atoms with Gasteiger partial charge in [0.2, 0.25) is 0 Å². The fourth-order valence-corrected chi connectivity index (χ4v) is 2.94. The lowest BCUT2D eigenvalue weighted by Gasteiger charge is -2.12. The fourth-order valence-electron chi connectivity index (χ4n) is 1.16. The van der Waals surface area contributed by atoms with E-state index < -0.39 is 0 Å². The Labute approximate surface area is 119 Å². The molecule has 1 atom stereocenters. The second-order valence-corrected chi connectivity index (χ2v) is 5.62. The van der Waals surface area contributed by atoms with Crippen LogP contribution < -0.4 is 0 Å². The largest absolute Gasteiger partial charge is 0.358 e. The number of ketones is 1. The smallest absolute Gasteiger partial charge is 0.173 e. The predicted molar refractivity (Wildman–Crippen MR) is 79.9 cm³/mol. The molecule has 1 unspecified atom stereocenters. The van der Waals surface area contributed by atoms with Crippen molar-refractivity contribution in [3.63, 3.8) is 0 Å². The number of thioether (sulfide) groups is 1. The number of Topliss-reactive ketones (excluding diaryl/α,β-unsaturated/α-hetero) is 1. The second-order valence-electron chi connectivity index (χ2n) is 2.93. The van der Waals surface area contributed by atoms with Crippen LogP contribution >= 0.6 is 47.0 Å². The SMILES string of the molecule is CCOC(S)Sc1ccccc1C(=O)CI. The molecule has 0 spiro atoms. The number of carbonyl (C=O) groups is 1. The maximum atomic E-state index is 11.7. The summed E-state index contributed by atoms with van der Waals surface area (Å²) in [6, 6.07) is 7.55. The molecule has 16 heavy (non-hydrogen) atoms. The fraction of sp³-hybridized carbons (Fsp3) is 0.364. The van der Waals surface area contributed by atoms with Gasteiger partial charge in [0.15, 0.2) is 10.6 Å². The van der Waals surface area contributed by atoms with Crippen molar-refractivity contribution in [1.29, 1.82) is 0 Å². The van der Waals surface area contributed by atoms with E-state index >= 15 is 0 Å².